The van der Waals surface area contributed by atoms with E-state index in [1.165, 1.54) is 0 Å². The second kappa shape index (κ2) is 4.72. The van der Waals surface area contributed by atoms with E-state index in [9.17, 15) is 5.11 Å². The molecule has 13 heavy (non-hydrogen) atoms. The number of aliphatic hydroxyl groups excluding tert-OH is 1. The van der Waals surface area contributed by atoms with E-state index in [1.807, 2.05) is 18.5 Å². The zero-order valence-electron chi connectivity index (χ0n) is 8.40. The van der Waals surface area contributed by atoms with Crippen LogP contribution < -0.4 is 0 Å². The first-order chi connectivity index (χ1) is 6.11. The molecule has 1 rings (SSSR count). The molecule has 1 aromatic heterocycles. The van der Waals surface area contributed by atoms with Crippen molar-refractivity contribution in [2.24, 2.45) is 11.8 Å². The molecule has 2 unspecified atom stereocenters. The zero-order chi connectivity index (χ0) is 9.84. The van der Waals surface area contributed by atoms with Gasteiger partial charge in [-0.05, 0) is 18.8 Å². The Balaban J connectivity index is 2.58. The van der Waals surface area contributed by atoms with Crippen LogP contribution in [0.5, 0.6) is 0 Å². The highest BCUT2D eigenvalue weighted by Crippen LogP contribution is 2.21. The fraction of sp³-hybridized carbons (Fsp3) is 0.700. The Hall–Kier alpha value is -0.410. The summed E-state index contributed by atoms with van der Waals surface area (Å²) < 4.78 is 0. The third-order valence-corrected chi connectivity index (χ3v) is 3.17. The van der Waals surface area contributed by atoms with Gasteiger partial charge in [-0.2, -0.15) is 0 Å². The van der Waals surface area contributed by atoms with Gasteiger partial charge in [0.05, 0.1) is 11.1 Å². The van der Waals surface area contributed by atoms with Crippen LogP contribution in [0.2, 0.25) is 0 Å². The van der Waals surface area contributed by atoms with E-state index < -0.39 is 0 Å². The van der Waals surface area contributed by atoms with E-state index in [-0.39, 0.29) is 6.10 Å². The molecule has 74 valence electrons. The van der Waals surface area contributed by atoms with Crippen LogP contribution in [0, 0.1) is 11.8 Å². The van der Waals surface area contributed by atoms with Crippen molar-refractivity contribution in [2.75, 3.05) is 0 Å². The Morgan fingerprint density at radius 3 is 2.54 bits per heavy atom. The van der Waals surface area contributed by atoms with Crippen molar-refractivity contribution in [3.8, 4) is 0 Å². The standard InChI is InChI=1S/C10H17NOS/c1-7(2)9(8(3)12)6-10-11-4-5-13-10/h4-5,7-9,12H,6H2,1-3H3. The van der Waals surface area contributed by atoms with Crippen LogP contribution in [0.25, 0.3) is 0 Å². The Labute approximate surface area is 83.6 Å². The monoisotopic (exact) mass is 199 g/mol. The molecule has 2 nitrogen and oxygen atoms in total. The lowest BCUT2D eigenvalue weighted by atomic mass is 9.88. The Kier molecular flexibility index (Phi) is 3.88. The second-order valence-electron chi connectivity index (χ2n) is 3.78. The maximum atomic E-state index is 9.56. The minimum atomic E-state index is -0.246. The van der Waals surface area contributed by atoms with E-state index in [0.29, 0.717) is 11.8 Å². The van der Waals surface area contributed by atoms with E-state index in [1.54, 1.807) is 11.3 Å². The predicted octanol–water partition coefficient (Wildman–Crippen LogP) is 2.34. The number of aliphatic hydroxyl groups is 1. The average Bonchev–Trinajstić information content (AvgIpc) is 2.50. The molecule has 0 aliphatic rings. The summed E-state index contributed by atoms with van der Waals surface area (Å²) >= 11 is 1.66. The Morgan fingerprint density at radius 1 is 1.46 bits per heavy atom. The van der Waals surface area contributed by atoms with Gasteiger partial charge in [-0.15, -0.1) is 11.3 Å². The summed E-state index contributed by atoms with van der Waals surface area (Å²) in [6, 6.07) is 0. The molecule has 0 fully saturated rings. The molecule has 0 aliphatic carbocycles. The number of aromatic nitrogens is 1. The summed E-state index contributed by atoms with van der Waals surface area (Å²) in [6.45, 7) is 6.15. The van der Waals surface area contributed by atoms with Crippen LogP contribution in [-0.4, -0.2) is 16.2 Å². The molecule has 0 amide bonds. The Bertz CT molecular complexity index is 223. The first-order valence-electron chi connectivity index (χ1n) is 4.67. The smallest absolute Gasteiger partial charge is 0.0928 e. The minimum Gasteiger partial charge on any atom is -0.393 e. The van der Waals surface area contributed by atoms with Gasteiger partial charge in [0.2, 0.25) is 0 Å². The third-order valence-electron chi connectivity index (χ3n) is 2.37. The van der Waals surface area contributed by atoms with Gasteiger partial charge in [0.15, 0.2) is 0 Å². The van der Waals surface area contributed by atoms with Gasteiger partial charge >= 0.3 is 0 Å². The molecule has 3 heteroatoms. The maximum Gasteiger partial charge on any atom is 0.0928 e. The molecule has 2 atom stereocenters. The van der Waals surface area contributed by atoms with Crippen molar-refractivity contribution >= 4 is 11.3 Å². The van der Waals surface area contributed by atoms with Gasteiger partial charge in [-0.25, -0.2) is 4.98 Å². The van der Waals surface area contributed by atoms with E-state index in [4.69, 9.17) is 0 Å². The summed E-state index contributed by atoms with van der Waals surface area (Å²) in [7, 11) is 0. The van der Waals surface area contributed by atoms with Crippen molar-refractivity contribution in [2.45, 2.75) is 33.3 Å². The summed E-state index contributed by atoms with van der Waals surface area (Å²) in [5, 5.41) is 12.7. The zero-order valence-corrected chi connectivity index (χ0v) is 9.21. The van der Waals surface area contributed by atoms with Gasteiger partial charge in [0.1, 0.15) is 0 Å². The van der Waals surface area contributed by atoms with E-state index in [2.05, 4.69) is 18.8 Å². The van der Waals surface area contributed by atoms with Gasteiger partial charge in [-0.1, -0.05) is 13.8 Å². The molecule has 0 aliphatic heterocycles. The summed E-state index contributed by atoms with van der Waals surface area (Å²) in [6.07, 6.45) is 2.47. The quantitative estimate of drug-likeness (QED) is 0.807. The summed E-state index contributed by atoms with van der Waals surface area (Å²) in [5.74, 6) is 0.829. The summed E-state index contributed by atoms with van der Waals surface area (Å²) in [5.41, 5.74) is 0. The molecular formula is C10H17NOS. The first kappa shape index (κ1) is 10.7. The van der Waals surface area contributed by atoms with Gasteiger partial charge in [-0.3, -0.25) is 0 Å². The van der Waals surface area contributed by atoms with Crippen LogP contribution in [0.4, 0.5) is 0 Å². The van der Waals surface area contributed by atoms with Crippen LogP contribution in [0.1, 0.15) is 25.8 Å². The van der Waals surface area contributed by atoms with Crippen LogP contribution in [-0.2, 0) is 6.42 Å². The largest absolute Gasteiger partial charge is 0.393 e. The lowest BCUT2D eigenvalue weighted by Gasteiger charge is -2.22. The van der Waals surface area contributed by atoms with Gasteiger partial charge in [0.25, 0.3) is 0 Å². The Morgan fingerprint density at radius 2 is 2.15 bits per heavy atom. The molecule has 0 radical (unpaired) electrons. The first-order valence-corrected chi connectivity index (χ1v) is 5.55. The number of hydrogen-bond acceptors (Lipinski definition) is 3. The fourth-order valence-corrected chi connectivity index (χ4v) is 2.21. The molecular weight excluding hydrogens is 182 g/mol. The van der Waals surface area contributed by atoms with Crippen molar-refractivity contribution in [3.05, 3.63) is 16.6 Å². The average molecular weight is 199 g/mol. The van der Waals surface area contributed by atoms with Gasteiger partial charge in [0, 0.05) is 18.0 Å². The second-order valence-corrected chi connectivity index (χ2v) is 4.76. The predicted molar refractivity (Wildman–Crippen MR) is 55.8 cm³/mol. The normalized spacial score (nSPS) is 16.1. The third kappa shape index (κ3) is 3.08. The number of nitrogens with zero attached hydrogens (tertiary/aromatic N) is 1. The molecule has 1 heterocycles. The number of thiazole rings is 1. The molecule has 0 bridgehead atoms. The van der Waals surface area contributed by atoms with Crippen molar-refractivity contribution in [1.82, 2.24) is 4.98 Å². The fourth-order valence-electron chi connectivity index (χ4n) is 1.52. The van der Waals surface area contributed by atoms with Crippen molar-refractivity contribution < 1.29 is 5.11 Å². The highest BCUT2D eigenvalue weighted by molar-refractivity contribution is 7.09. The molecule has 0 spiro atoms. The molecule has 1 aromatic rings. The molecule has 0 saturated heterocycles. The minimum absolute atomic E-state index is 0.246. The topological polar surface area (TPSA) is 33.1 Å². The van der Waals surface area contributed by atoms with Crippen LogP contribution in [0.15, 0.2) is 11.6 Å². The van der Waals surface area contributed by atoms with E-state index in [0.717, 1.165) is 11.4 Å². The molecule has 0 aromatic carbocycles. The van der Waals surface area contributed by atoms with Crippen LogP contribution >= 0.6 is 11.3 Å². The van der Waals surface area contributed by atoms with Gasteiger partial charge < -0.3 is 5.11 Å². The highest BCUT2D eigenvalue weighted by Gasteiger charge is 2.20. The van der Waals surface area contributed by atoms with Crippen LogP contribution in [0.3, 0.4) is 0 Å². The molecule has 0 saturated carbocycles. The molecule has 1 N–H and O–H groups in total. The van der Waals surface area contributed by atoms with Crippen molar-refractivity contribution in [1.29, 1.82) is 0 Å². The van der Waals surface area contributed by atoms with Crippen molar-refractivity contribution in [3.63, 3.8) is 0 Å². The number of hydrogen-bond donors (Lipinski definition) is 1. The SMILES string of the molecule is CC(C)C(Cc1nccs1)C(C)O. The number of rotatable bonds is 4. The lowest BCUT2D eigenvalue weighted by Crippen LogP contribution is -2.24. The maximum absolute atomic E-state index is 9.56. The lowest BCUT2D eigenvalue weighted by molar-refractivity contribution is 0.0976. The van der Waals surface area contributed by atoms with E-state index >= 15 is 0 Å². The summed E-state index contributed by atoms with van der Waals surface area (Å²) in [4.78, 5) is 4.23. The highest BCUT2D eigenvalue weighted by atomic mass is 32.1.